The normalized spacial score (nSPS) is 22.9. The van der Waals surface area contributed by atoms with Gasteiger partial charge in [0, 0.05) is 11.3 Å². The van der Waals surface area contributed by atoms with Crippen LogP contribution in [0.15, 0.2) is 18.2 Å². The number of carbonyl (C=O) groups excluding carboxylic acids is 2. The summed E-state index contributed by atoms with van der Waals surface area (Å²) in [5.74, 6) is -0.168. The van der Waals surface area contributed by atoms with Crippen molar-refractivity contribution in [2.24, 2.45) is 0 Å². The van der Waals surface area contributed by atoms with Crippen LogP contribution in [-0.4, -0.2) is 29.1 Å². The number of thioether (sulfide) groups is 1. The van der Waals surface area contributed by atoms with Crippen LogP contribution in [0, 0.1) is 0 Å². The van der Waals surface area contributed by atoms with Gasteiger partial charge in [-0.3, -0.25) is 9.59 Å². The molecule has 1 atom stereocenters. The molecule has 1 fully saturated rings. The number of amides is 1. The van der Waals surface area contributed by atoms with E-state index in [1.165, 1.54) is 12.1 Å². The first-order valence-corrected chi connectivity index (χ1v) is 6.80. The van der Waals surface area contributed by atoms with Crippen molar-refractivity contribution >= 4 is 22.8 Å². The monoisotopic (exact) mass is 301 g/mol. The lowest BCUT2D eigenvalue weighted by Crippen LogP contribution is -2.37. The largest absolute Gasteiger partial charge is 0.586 e. The third-order valence-corrected chi connectivity index (χ3v) is 3.91. The third kappa shape index (κ3) is 2.43. The van der Waals surface area contributed by atoms with Gasteiger partial charge in [-0.25, -0.2) is 0 Å². The lowest BCUT2D eigenvalue weighted by atomic mass is 10.1. The van der Waals surface area contributed by atoms with Gasteiger partial charge >= 0.3 is 6.29 Å². The minimum Gasteiger partial charge on any atom is -0.395 e. The molecule has 0 radical (unpaired) electrons. The second-order valence-electron chi connectivity index (χ2n) is 4.31. The molecule has 8 heteroatoms. The Morgan fingerprint density at radius 2 is 2.10 bits per heavy atom. The summed E-state index contributed by atoms with van der Waals surface area (Å²) in [5, 5.41) is 2.47. The molecule has 0 aliphatic carbocycles. The zero-order valence-electron chi connectivity index (χ0n) is 10.0. The van der Waals surface area contributed by atoms with Crippen molar-refractivity contribution in [1.82, 2.24) is 5.32 Å². The Kier molecular flexibility index (Phi) is 3.04. The van der Waals surface area contributed by atoms with E-state index in [4.69, 9.17) is 0 Å². The Labute approximate surface area is 116 Å². The maximum absolute atomic E-state index is 12.9. The Balaban J connectivity index is 1.75. The molecule has 1 unspecified atom stereocenters. The highest BCUT2D eigenvalue weighted by Crippen LogP contribution is 2.41. The molecule has 2 heterocycles. The van der Waals surface area contributed by atoms with Crippen LogP contribution in [0.3, 0.4) is 0 Å². The molecule has 2 aliphatic rings. The number of fused-ring (bicyclic) bond motifs is 1. The molecule has 20 heavy (non-hydrogen) atoms. The molecule has 1 saturated heterocycles. The predicted molar refractivity (Wildman–Crippen MR) is 66.0 cm³/mol. The standard InChI is InChI=1S/C12H9F2NO4S/c13-12(14)18-8-2-1-6(5-9(8)19-12)10(16)15-7-3-4-20-11(7)17/h1-2,5,7H,3-4H2,(H,15,16). The van der Waals surface area contributed by atoms with Crippen LogP contribution in [0.5, 0.6) is 11.5 Å². The highest BCUT2D eigenvalue weighted by molar-refractivity contribution is 8.14. The van der Waals surface area contributed by atoms with Gasteiger partial charge in [0.1, 0.15) is 0 Å². The number of nitrogens with one attached hydrogen (secondary N) is 1. The highest BCUT2D eigenvalue weighted by atomic mass is 32.2. The maximum atomic E-state index is 12.9. The van der Waals surface area contributed by atoms with Crippen LogP contribution in [-0.2, 0) is 4.79 Å². The average Bonchev–Trinajstić information content (AvgIpc) is 2.90. The van der Waals surface area contributed by atoms with Gasteiger partial charge in [-0.1, -0.05) is 11.8 Å². The Morgan fingerprint density at radius 3 is 2.80 bits per heavy atom. The van der Waals surface area contributed by atoms with Crippen molar-refractivity contribution in [2.75, 3.05) is 5.75 Å². The van der Waals surface area contributed by atoms with Gasteiger partial charge in [-0.05, 0) is 24.6 Å². The Morgan fingerprint density at radius 1 is 1.35 bits per heavy atom. The third-order valence-electron chi connectivity index (χ3n) is 2.90. The van der Waals surface area contributed by atoms with E-state index in [-0.39, 0.29) is 22.2 Å². The number of rotatable bonds is 2. The first-order valence-electron chi connectivity index (χ1n) is 5.82. The average molecular weight is 301 g/mol. The number of carbonyl (C=O) groups is 2. The predicted octanol–water partition coefficient (Wildman–Crippen LogP) is 1.77. The SMILES string of the molecule is O=C(NC1CCSC1=O)c1ccc2c(c1)OC(F)(F)O2. The van der Waals surface area contributed by atoms with Crippen molar-refractivity contribution < 1.29 is 27.8 Å². The van der Waals surface area contributed by atoms with E-state index < -0.39 is 18.2 Å². The summed E-state index contributed by atoms with van der Waals surface area (Å²) in [7, 11) is 0. The molecule has 0 aromatic heterocycles. The molecule has 5 nitrogen and oxygen atoms in total. The number of hydrogen-bond donors (Lipinski definition) is 1. The van der Waals surface area contributed by atoms with Crippen LogP contribution in [0.1, 0.15) is 16.8 Å². The zero-order valence-corrected chi connectivity index (χ0v) is 10.8. The van der Waals surface area contributed by atoms with Gasteiger partial charge < -0.3 is 14.8 Å². The minimum absolute atomic E-state index is 0.0920. The van der Waals surface area contributed by atoms with Gasteiger partial charge in [0.2, 0.25) is 5.12 Å². The van der Waals surface area contributed by atoms with Crippen LogP contribution >= 0.6 is 11.8 Å². The van der Waals surface area contributed by atoms with Crippen molar-refractivity contribution in [2.45, 2.75) is 18.8 Å². The lowest BCUT2D eigenvalue weighted by Gasteiger charge is -2.10. The van der Waals surface area contributed by atoms with E-state index in [9.17, 15) is 18.4 Å². The number of halogens is 2. The first kappa shape index (κ1) is 13.2. The van der Waals surface area contributed by atoms with Crippen molar-refractivity contribution in [3.05, 3.63) is 23.8 Å². The van der Waals surface area contributed by atoms with E-state index in [0.717, 1.165) is 17.8 Å². The van der Waals surface area contributed by atoms with Gasteiger partial charge in [0.05, 0.1) is 6.04 Å². The summed E-state index contributed by atoms with van der Waals surface area (Å²) in [6.07, 6.45) is -3.15. The van der Waals surface area contributed by atoms with Crippen LogP contribution in [0.4, 0.5) is 8.78 Å². The Bertz CT molecular complexity index is 593. The van der Waals surface area contributed by atoms with Crippen molar-refractivity contribution in [3.8, 4) is 11.5 Å². The fourth-order valence-electron chi connectivity index (χ4n) is 1.96. The molecular weight excluding hydrogens is 292 g/mol. The fraction of sp³-hybridized carbons (Fsp3) is 0.333. The quantitative estimate of drug-likeness (QED) is 0.902. The molecular formula is C12H9F2NO4S. The summed E-state index contributed by atoms with van der Waals surface area (Å²) in [4.78, 5) is 23.4. The molecule has 1 amide bonds. The van der Waals surface area contributed by atoms with Crippen LogP contribution < -0.4 is 14.8 Å². The first-order chi connectivity index (χ1) is 9.44. The highest BCUT2D eigenvalue weighted by Gasteiger charge is 2.43. The van der Waals surface area contributed by atoms with E-state index in [2.05, 4.69) is 14.8 Å². The molecule has 0 spiro atoms. The van der Waals surface area contributed by atoms with Crippen LogP contribution in [0.25, 0.3) is 0 Å². The number of alkyl halides is 2. The molecule has 1 aromatic carbocycles. The van der Waals surface area contributed by atoms with Gasteiger partial charge in [0.25, 0.3) is 5.91 Å². The molecule has 1 aromatic rings. The summed E-state index contributed by atoms with van der Waals surface area (Å²) in [5.41, 5.74) is 0.134. The summed E-state index contributed by atoms with van der Waals surface area (Å²) in [6, 6.07) is 3.21. The fourth-order valence-corrected chi connectivity index (χ4v) is 2.89. The molecule has 0 saturated carbocycles. The smallest absolute Gasteiger partial charge is 0.395 e. The van der Waals surface area contributed by atoms with Crippen LogP contribution in [0.2, 0.25) is 0 Å². The van der Waals surface area contributed by atoms with Crippen molar-refractivity contribution in [1.29, 1.82) is 0 Å². The van der Waals surface area contributed by atoms with E-state index >= 15 is 0 Å². The Hall–Kier alpha value is -1.83. The van der Waals surface area contributed by atoms with Gasteiger partial charge in [-0.2, -0.15) is 0 Å². The molecule has 2 aliphatic heterocycles. The summed E-state index contributed by atoms with van der Waals surface area (Å²) in [6.45, 7) is 0. The second kappa shape index (κ2) is 4.62. The number of ether oxygens (including phenoxy) is 2. The second-order valence-corrected chi connectivity index (χ2v) is 5.41. The molecule has 3 rings (SSSR count). The van der Waals surface area contributed by atoms with E-state index in [1.807, 2.05) is 0 Å². The lowest BCUT2D eigenvalue weighted by molar-refractivity contribution is -0.286. The summed E-state index contributed by atoms with van der Waals surface area (Å²) < 4.78 is 34.2. The molecule has 0 bridgehead atoms. The van der Waals surface area contributed by atoms with Gasteiger partial charge in [-0.15, -0.1) is 8.78 Å². The number of benzene rings is 1. The van der Waals surface area contributed by atoms with Crippen molar-refractivity contribution in [3.63, 3.8) is 0 Å². The van der Waals surface area contributed by atoms with E-state index in [1.54, 1.807) is 0 Å². The van der Waals surface area contributed by atoms with E-state index in [0.29, 0.717) is 12.2 Å². The maximum Gasteiger partial charge on any atom is 0.586 e. The number of hydrogen-bond acceptors (Lipinski definition) is 5. The topological polar surface area (TPSA) is 64.6 Å². The zero-order chi connectivity index (χ0) is 14.3. The minimum atomic E-state index is -3.71. The molecule has 1 N–H and O–H groups in total. The molecule has 106 valence electrons. The summed E-state index contributed by atoms with van der Waals surface area (Å²) >= 11 is 1.16. The van der Waals surface area contributed by atoms with Gasteiger partial charge in [0.15, 0.2) is 11.5 Å².